The van der Waals surface area contributed by atoms with Crippen LogP contribution in [0.5, 0.6) is 0 Å². The fraction of sp³-hybridized carbons (Fsp3) is 0.750. The summed E-state index contributed by atoms with van der Waals surface area (Å²) in [4.78, 5) is 0. The molecule has 0 aliphatic heterocycles. The summed E-state index contributed by atoms with van der Waals surface area (Å²) in [6, 6.07) is 0. The van der Waals surface area contributed by atoms with Gasteiger partial charge < -0.3 is 5.11 Å². The molecule has 0 bridgehead atoms. The molecule has 1 N–H and O–H groups in total. The number of hydrogen-bond acceptors (Lipinski definition) is 2. The van der Waals surface area contributed by atoms with E-state index in [1.807, 2.05) is 4.68 Å². The molecule has 4 heteroatoms. The van der Waals surface area contributed by atoms with E-state index in [-0.39, 0.29) is 5.41 Å². The van der Waals surface area contributed by atoms with Gasteiger partial charge in [0.25, 0.3) is 0 Å². The van der Waals surface area contributed by atoms with Gasteiger partial charge in [0.1, 0.15) is 6.10 Å². The van der Waals surface area contributed by atoms with Gasteiger partial charge in [0.05, 0.1) is 16.4 Å². The van der Waals surface area contributed by atoms with Crippen molar-refractivity contribution < 1.29 is 5.11 Å². The van der Waals surface area contributed by atoms with Crippen LogP contribution in [0.3, 0.4) is 0 Å². The lowest BCUT2D eigenvalue weighted by molar-refractivity contribution is 0.127. The first-order valence-corrected chi connectivity index (χ1v) is 6.66. The Morgan fingerprint density at radius 1 is 1.69 bits per heavy atom. The Hall–Kier alpha value is -0.350. The van der Waals surface area contributed by atoms with Crippen LogP contribution in [0.25, 0.3) is 0 Å². The molecule has 0 amide bonds. The van der Waals surface area contributed by atoms with Gasteiger partial charge in [-0.3, -0.25) is 4.68 Å². The minimum Gasteiger partial charge on any atom is -0.386 e. The maximum atomic E-state index is 10.4. The zero-order chi connectivity index (χ0) is 11.9. The summed E-state index contributed by atoms with van der Waals surface area (Å²) >= 11 is 3.48. The number of aliphatic hydroxyl groups excluding tert-OH is 1. The van der Waals surface area contributed by atoms with Crippen molar-refractivity contribution in [2.45, 2.75) is 46.3 Å². The van der Waals surface area contributed by atoms with Gasteiger partial charge in [-0.1, -0.05) is 20.8 Å². The molecule has 1 aromatic heterocycles. The molecule has 3 nitrogen and oxygen atoms in total. The Morgan fingerprint density at radius 2 is 2.31 bits per heavy atom. The molecular weight excluding hydrogens is 268 g/mol. The van der Waals surface area contributed by atoms with Crippen molar-refractivity contribution >= 4 is 15.9 Å². The first-order valence-electron chi connectivity index (χ1n) is 5.86. The van der Waals surface area contributed by atoms with Gasteiger partial charge in [-0.2, -0.15) is 5.10 Å². The zero-order valence-electron chi connectivity index (χ0n) is 10.1. The highest BCUT2D eigenvalue weighted by Crippen LogP contribution is 2.58. The molecule has 1 heterocycles. The first kappa shape index (κ1) is 12.1. The average molecular weight is 287 g/mol. The van der Waals surface area contributed by atoms with Crippen LogP contribution in [-0.2, 0) is 6.54 Å². The quantitative estimate of drug-likeness (QED) is 0.924. The average Bonchev–Trinajstić information content (AvgIpc) is 2.68. The summed E-state index contributed by atoms with van der Waals surface area (Å²) in [6.45, 7) is 7.39. The summed E-state index contributed by atoms with van der Waals surface area (Å²) in [5, 5.41) is 14.7. The van der Waals surface area contributed by atoms with Crippen molar-refractivity contribution in [1.82, 2.24) is 9.78 Å². The SMILES string of the molecule is CCCn1ncc(Br)c1C(O)C1CC1(C)C. The van der Waals surface area contributed by atoms with Crippen LogP contribution in [0.4, 0.5) is 0 Å². The van der Waals surface area contributed by atoms with E-state index < -0.39 is 6.10 Å². The Labute approximate surface area is 105 Å². The van der Waals surface area contributed by atoms with E-state index in [1.165, 1.54) is 0 Å². The summed E-state index contributed by atoms with van der Waals surface area (Å²) in [7, 11) is 0. The second-order valence-electron chi connectivity index (χ2n) is 5.34. The van der Waals surface area contributed by atoms with Gasteiger partial charge in [0.2, 0.25) is 0 Å². The molecule has 2 rings (SSSR count). The van der Waals surface area contributed by atoms with Crippen molar-refractivity contribution in [2.24, 2.45) is 11.3 Å². The molecule has 1 aliphatic rings. The summed E-state index contributed by atoms with van der Waals surface area (Å²) in [5.41, 5.74) is 1.22. The van der Waals surface area contributed by atoms with Gasteiger partial charge in [0.15, 0.2) is 0 Å². The lowest BCUT2D eigenvalue weighted by Gasteiger charge is -2.15. The van der Waals surface area contributed by atoms with Crippen molar-refractivity contribution in [3.63, 3.8) is 0 Å². The van der Waals surface area contributed by atoms with Gasteiger partial charge >= 0.3 is 0 Å². The molecule has 0 radical (unpaired) electrons. The zero-order valence-corrected chi connectivity index (χ0v) is 11.7. The molecule has 16 heavy (non-hydrogen) atoms. The molecule has 1 saturated carbocycles. The highest BCUT2D eigenvalue weighted by atomic mass is 79.9. The molecule has 0 spiro atoms. The van der Waals surface area contributed by atoms with Crippen LogP contribution < -0.4 is 0 Å². The van der Waals surface area contributed by atoms with Gasteiger partial charge in [-0.05, 0) is 40.1 Å². The van der Waals surface area contributed by atoms with Crippen molar-refractivity contribution in [3.05, 3.63) is 16.4 Å². The molecule has 0 aromatic carbocycles. The van der Waals surface area contributed by atoms with E-state index in [2.05, 4.69) is 41.8 Å². The Morgan fingerprint density at radius 3 is 2.81 bits per heavy atom. The van der Waals surface area contributed by atoms with Gasteiger partial charge in [-0.25, -0.2) is 0 Å². The monoisotopic (exact) mass is 286 g/mol. The highest BCUT2D eigenvalue weighted by molar-refractivity contribution is 9.10. The maximum absolute atomic E-state index is 10.4. The lowest BCUT2D eigenvalue weighted by Crippen LogP contribution is -2.13. The van der Waals surface area contributed by atoms with Crippen LogP contribution in [0.2, 0.25) is 0 Å². The Bertz CT molecular complexity index is 386. The largest absolute Gasteiger partial charge is 0.386 e. The van der Waals surface area contributed by atoms with Crippen molar-refractivity contribution in [2.75, 3.05) is 0 Å². The van der Waals surface area contributed by atoms with E-state index in [9.17, 15) is 5.11 Å². The third-order valence-electron chi connectivity index (χ3n) is 3.52. The fourth-order valence-electron chi connectivity index (χ4n) is 2.29. The first-order chi connectivity index (χ1) is 7.47. The van der Waals surface area contributed by atoms with Crippen LogP contribution in [0.15, 0.2) is 10.7 Å². The lowest BCUT2D eigenvalue weighted by atomic mass is 10.0. The molecular formula is C12H19BrN2O. The number of halogens is 1. The molecule has 1 aliphatic carbocycles. The number of aromatic nitrogens is 2. The Kier molecular flexibility index (Phi) is 3.14. The van der Waals surface area contributed by atoms with E-state index in [0.29, 0.717) is 5.92 Å². The minimum absolute atomic E-state index is 0.278. The normalized spacial score (nSPS) is 24.4. The van der Waals surface area contributed by atoms with Crippen LogP contribution in [0, 0.1) is 11.3 Å². The van der Waals surface area contributed by atoms with E-state index in [4.69, 9.17) is 0 Å². The maximum Gasteiger partial charge on any atom is 0.100 e. The van der Waals surface area contributed by atoms with E-state index in [0.717, 1.165) is 29.6 Å². The van der Waals surface area contributed by atoms with Crippen molar-refractivity contribution in [3.8, 4) is 0 Å². The fourth-order valence-corrected chi connectivity index (χ4v) is 2.82. The number of aliphatic hydroxyl groups is 1. The number of aryl methyl sites for hydroxylation is 1. The second-order valence-corrected chi connectivity index (χ2v) is 6.20. The van der Waals surface area contributed by atoms with E-state index >= 15 is 0 Å². The summed E-state index contributed by atoms with van der Waals surface area (Å²) < 4.78 is 2.85. The minimum atomic E-state index is -0.390. The topological polar surface area (TPSA) is 38.0 Å². The van der Waals surface area contributed by atoms with Gasteiger partial charge in [-0.15, -0.1) is 0 Å². The number of rotatable bonds is 4. The molecule has 0 saturated heterocycles. The summed E-state index contributed by atoms with van der Waals surface area (Å²) in [6.07, 6.45) is 3.52. The van der Waals surface area contributed by atoms with Crippen molar-refractivity contribution in [1.29, 1.82) is 0 Å². The molecule has 2 unspecified atom stereocenters. The number of nitrogens with zero attached hydrogens (tertiary/aromatic N) is 2. The second kappa shape index (κ2) is 4.15. The molecule has 90 valence electrons. The van der Waals surface area contributed by atoms with Crippen LogP contribution in [-0.4, -0.2) is 14.9 Å². The van der Waals surface area contributed by atoms with Gasteiger partial charge in [0, 0.05) is 6.54 Å². The van der Waals surface area contributed by atoms with Crippen LogP contribution >= 0.6 is 15.9 Å². The molecule has 1 fully saturated rings. The highest BCUT2D eigenvalue weighted by Gasteiger charge is 2.51. The van der Waals surface area contributed by atoms with E-state index in [1.54, 1.807) is 6.20 Å². The van der Waals surface area contributed by atoms with Crippen LogP contribution in [0.1, 0.15) is 45.4 Å². The predicted octanol–water partition coefficient (Wildman–Crippen LogP) is 3.14. The molecule has 2 atom stereocenters. The number of hydrogen-bond donors (Lipinski definition) is 1. The Balaban J connectivity index is 2.22. The predicted molar refractivity (Wildman–Crippen MR) is 67.1 cm³/mol. The third-order valence-corrected chi connectivity index (χ3v) is 4.13. The molecule has 1 aromatic rings. The smallest absolute Gasteiger partial charge is 0.100 e. The summed E-state index contributed by atoms with van der Waals surface area (Å²) in [5.74, 6) is 0.371. The third kappa shape index (κ3) is 2.05. The standard InChI is InChI=1S/C12H19BrN2O/c1-4-5-15-10(9(13)7-14-15)11(16)8-6-12(8,2)3/h7-8,11,16H,4-6H2,1-3H3.